The zero-order valence-electron chi connectivity index (χ0n) is 20.5. The van der Waals surface area contributed by atoms with Crippen LogP contribution in [0.2, 0.25) is 0 Å². The molecule has 0 saturated carbocycles. The van der Waals surface area contributed by atoms with E-state index in [2.05, 4.69) is 10.2 Å². The fourth-order valence-corrected chi connectivity index (χ4v) is 4.79. The minimum absolute atomic E-state index is 0.0830. The molecule has 0 bridgehead atoms. The van der Waals surface area contributed by atoms with Crippen molar-refractivity contribution in [2.75, 3.05) is 56.2 Å². The smallest absolute Gasteiger partial charge is 0.389 e. The average Bonchev–Trinajstić information content (AvgIpc) is 3.31. The molecule has 0 unspecified atom stereocenters. The van der Waals surface area contributed by atoms with E-state index in [9.17, 15) is 23.1 Å². The molecule has 2 aromatic rings. The number of ether oxygens (including phenoxy) is 1. The molecule has 4 rings (SSSR count). The Morgan fingerprint density at radius 1 is 1.19 bits per heavy atom. The van der Waals surface area contributed by atoms with Gasteiger partial charge >= 0.3 is 12.2 Å². The lowest BCUT2D eigenvalue weighted by Gasteiger charge is -2.28. The number of hydrogen-bond acceptors (Lipinski definition) is 5. The third kappa shape index (κ3) is 6.88. The number of anilines is 2. The second-order valence-corrected chi connectivity index (χ2v) is 9.51. The highest BCUT2D eigenvalue weighted by atomic mass is 19.4. The third-order valence-electron chi connectivity index (χ3n) is 6.68. The SMILES string of the molecule is Cc1ccc(NC(=O)N2CC[C@@H](CC(F)(F)F)C2)cc1-c1cc(CCCO)nc(N2CCOCC2)c1. The largest absolute Gasteiger partial charge is 0.396 e. The van der Waals surface area contributed by atoms with E-state index in [0.29, 0.717) is 44.7 Å². The molecule has 1 aromatic heterocycles. The van der Waals surface area contributed by atoms with Gasteiger partial charge < -0.3 is 25.0 Å². The van der Waals surface area contributed by atoms with Crippen molar-refractivity contribution in [3.8, 4) is 11.1 Å². The van der Waals surface area contributed by atoms with Crippen molar-refractivity contribution < 1.29 is 27.8 Å². The molecule has 2 fully saturated rings. The molecule has 2 amide bonds. The van der Waals surface area contributed by atoms with Gasteiger partial charge in [-0.2, -0.15) is 13.2 Å². The molecule has 0 aliphatic carbocycles. The van der Waals surface area contributed by atoms with E-state index in [1.807, 2.05) is 31.2 Å². The molecule has 7 nitrogen and oxygen atoms in total. The van der Waals surface area contributed by atoms with Crippen LogP contribution in [0.1, 0.15) is 30.5 Å². The van der Waals surface area contributed by atoms with Gasteiger partial charge in [-0.25, -0.2) is 9.78 Å². The van der Waals surface area contributed by atoms with Crippen molar-refractivity contribution >= 4 is 17.5 Å². The van der Waals surface area contributed by atoms with Crippen LogP contribution in [-0.4, -0.2) is 73.2 Å². The van der Waals surface area contributed by atoms with Crippen LogP contribution >= 0.6 is 0 Å². The van der Waals surface area contributed by atoms with Crippen LogP contribution in [0.4, 0.5) is 29.5 Å². The van der Waals surface area contributed by atoms with Crippen LogP contribution in [0.5, 0.6) is 0 Å². The Bertz CT molecular complexity index is 1060. The Labute approximate surface area is 209 Å². The maximum absolute atomic E-state index is 12.8. The van der Waals surface area contributed by atoms with Crippen molar-refractivity contribution in [1.82, 2.24) is 9.88 Å². The zero-order chi connectivity index (χ0) is 25.7. The summed E-state index contributed by atoms with van der Waals surface area (Å²) in [7, 11) is 0. The Morgan fingerprint density at radius 2 is 1.97 bits per heavy atom. The van der Waals surface area contributed by atoms with E-state index in [1.54, 1.807) is 6.07 Å². The highest BCUT2D eigenvalue weighted by Gasteiger charge is 2.36. The summed E-state index contributed by atoms with van der Waals surface area (Å²) in [5.41, 5.74) is 4.38. The summed E-state index contributed by atoms with van der Waals surface area (Å²) in [5.74, 6) is 0.294. The van der Waals surface area contributed by atoms with Crippen LogP contribution in [0.25, 0.3) is 11.1 Å². The van der Waals surface area contributed by atoms with E-state index in [-0.39, 0.29) is 19.2 Å². The van der Waals surface area contributed by atoms with Crippen molar-refractivity contribution in [3.05, 3.63) is 41.6 Å². The third-order valence-corrected chi connectivity index (χ3v) is 6.68. The van der Waals surface area contributed by atoms with Gasteiger partial charge in [0.25, 0.3) is 0 Å². The van der Waals surface area contributed by atoms with E-state index in [1.165, 1.54) is 4.90 Å². The van der Waals surface area contributed by atoms with E-state index in [0.717, 1.165) is 41.3 Å². The predicted molar refractivity (Wildman–Crippen MR) is 132 cm³/mol. The normalized spacial score (nSPS) is 18.5. The van der Waals surface area contributed by atoms with Crippen LogP contribution in [0, 0.1) is 12.8 Å². The van der Waals surface area contributed by atoms with E-state index >= 15 is 0 Å². The molecular formula is C26H33F3N4O3. The van der Waals surface area contributed by atoms with Crippen LogP contribution in [0.15, 0.2) is 30.3 Å². The summed E-state index contributed by atoms with van der Waals surface area (Å²) in [4.78, 5) is 21.2. The summed E-state index contributed by atoms with van der Waals surface area (Å²) in [6.07, 6.45) is -3.48. The molecule has 0 radical (unpaired) electrons. The Morgan fingerprint density at radius 3 is 2.69 bits per heavy atom. The number of aliphatic hydroxyl groups excluding tert-OH is 1. The molecule has 3 heterocycles. The van der Waals surface area contributed by atoms with Gasteiger partial charge in [-0.15, -0.1) is 0 Å². The van der Waals surface area contributed by atoms with Gasteiger partial charge in [-0.3, -0.25) is 0 Å². The second kappa shape index (κ2) is 11.5. The number of pyridine rings is 1. The minimum atomic E-state index is -4.22. The molecule has 10 heteroatoms. The molecule has 2 aliphatic heterocycles. The van der Waals surface area contributed by atoms with Crippen molar-refractivity contribution in [3.63, 3.8) is 0 Å². The Kier molecular flexibility index (Phi) is 8.35. The number of rotatable bonds is 7. The van der Waals surface area contributed by atoms with Gasteiger partial charge in [0.2, 0.25) is 0 Å². The van der Waals surface area contributed by atoms with Gasteiger partial charge in [0.15, 0.2) is 0 Å². The summed E-state index contributed by atoms with van der Waals surface area (Å²) in [6, 6.07) is 9.27. The van der Waals surface area contributed by atoms with Crippen molar-refractivity contribution in [1.29, 1.82) is 0 Å². The number of alkyl halides is 3. The minimum Gasteiger partial charge on any atom is -0.396 e. The van der Waals surface area contributed by atoms with Gasteiger partial charge in [-0.05, 0) is 73.1 Å². The van der Waals surface area contributed by atoms with Gasteiger partial charge in [0.05, 0.1) is 13.2 Å². The standard InChI is InChI=1S/C26H33F3N4O3/c1-18-4-5-22(31-25(35)33-7-6-19(17-33)16-26(27,28)29)15-23(18)20-13-21(3-2-10-34)30-24(14-20)32-8-11-36-12-9-32/h4-5,13-15,19,34H,2-3,6-12,16-17H2,1H3,(H,31,35)/t19-/m0/s1. The summed E-state index contributed by atoms with van der Waals surface area (Å²) < 4.78 is 43.6. The number of nitrogens with one attached hydrogen (secondary N) is 1. The quantitative estimate of drug-likeness (QED) is 0.573. The molecule has 0 spiro atoms. The first-order valence-electron chi connectivity index (χ1n) is 12.4. The van der Waals surface area contributed by atoms with Crippen LogP contribution in [-0.2, 0) is 11.2 Å². The highest BCUT2D eigenvalue weighted by molar-refractivity contribution is 5.90. The molecular weight excluding hydrogens is 473 g/mol. The number of aliphatic hydroxyl groups is 1. The van der Waals surface area contributed by atoms with E-state index < -0.39 is 18.5 Å². The monoisotopic (exact) mass is 506 g/mol. The lowest BCUT2D eigenvalue weighted by Crippen LogP contribution is -2.36. The number of aromatic nitrogens is 1. The first-order valence-corrected chi connectivity index (χ1v) is 12.4. The average molecular weight is 507 g/mol. The number of hydrogen-bond donors (Lipinski definition) is 2. The number of aryl methyl sites for hydroxylation is 2. The number of carbonyl (C=O) groups excluding carboxylic acids is 1. The summed E-state index contributed by atoms with van der Waals surface area (Å²) in [5, 5.41) is 12.2. The van der Waals surface area contributed by atoms with Crippen LogP contribution in [0.3, 0.4) is 0 Å². The number of carbonyl (C=O) groups is 1. The van der Waals surface area contributed by atoms with Crippen LogP contribution < -0.4 is 10.2 Å². The molecule has 1 aromatic carbocycles. The number of morpholine rings is 1. The number of nitrogens with zero attached hydrogens (tertiary/aromatic N) is 3. The maximum atomic E-state index is 12.8. The number of urea groups is 1. The lowest BCUT2D eigenvalue weighted by molar-refractivity contribution is -0.143. The van der Waals surface area contributed by atoms with Crippen molar-refractivity contribution in [2.45, 2.75) is 38.8 Å². The topological polar surface area (TPSA) is 77.9 Å². The maximum Gasteiger partial charge on any atom is 0.389 e. The number of benzene rings is 1. The van der Waals surface area contributed by atoms with Crippen molar-refractivity contribution in [2.24, 2.45) is 5.92 Å². The first-order chi connectivity index (χ1) is 17.2. The molecule has 2 saturated heterocycles. The highest BCUT2D eigenvalue weighted by Crippen LogP contribution is 2.32. The van der Waals surface area contributed by atoms with Gasteiger partial charge in [0.1, 0.15) is 5.82 Å². The number of halogens is 3. The Hall–Kier alpha value is -2.85. The lowest BCUT2D eigenvalue weighted by atomic mass is 9.99. The summed E-state index contributed by atoms with van der Waals surface area (Å²) in [6.45, 7) is 5.26. The molecule has 2 N–H and O–H groups in total. The van der Waals surface area contributed by atoms with E-state index in [4.69, 9.17) is 9.72 Å². The molecule has 36 heavy (non-hydrogen) atoms. The fraction of sp³-hybridized carbons (Fsp3) is 0.538. The number of amides is 2. The first kappa shape index (κ1) is 26.2. The Balaban J connectivity index is 1.53. The molecule has 196 valence electrons. The predicted octanol–water partition coefficient (Wildman–Crippen LogP) is 4.62. The number of likely N-dealkylation sites (tertiary alicyclic amines) is 1. The summed E-state index contributed by atoms with van der Waals surface area (Å²) >= 11 is 0. The second-order valence-electron chi connectivity index (χ2n) is 9.51. The molecule has 2 aliphatic rings. The zero-order valence-corrected chi connectivity index (χ0v) is 20.5. The van der Waals surface area contributed by atoms with Gasteiger partial charge in [0, 0.05) is 50.6 Å². The van der Waals surface area contributed by atoms with Gasteiger partial charge in [-0.1, -0.05) is 6.07 Å². The fourth-order valence-electron chi connectivity index (χ4n) is 4.79. The molecule has 1 atom stereocenters.